The van der Waals surface area contributed by atoms with Gasteiger partial charge in [-0.25, -0.2) is 13.6 Å². The van der Waals surface area contributed by atoms with E-state index in [4.69, 9.17) is 13.6 Å². The molecule has 0 spiro atoms. The van der Waals surface area contributed by atoms with Crippen molar-refractivity contribution in [2.75, 3.05) is 0 Å². The lowest BCUT2D eigenvalue weighted by atomic mass is 9.45. The molecule has 42 heavy (non-hydrogen) atoms. The van der Waals surface area contributed by atoms with Crippen molar-refractivity contribution in [3.05, 3.63) is 71.9 Å². The van der Waals surface area contributed by atoms with E-state index in [1.807, 2.05) is 0 Å². The average molecular weight is 601 g/mol. The average Bonchev–Trinajstić information content (AvgIpc) is 3.70. The summed E-state index contributed by atoms with van der Waals surface area (Å²) in [4.78, 5) is 52.8. The number of thioether (sulfide) groups is 1. The largest absolute Gasteiger partial charge is 0.460 e. The molecule has 2 heterocycles. The molecule has 1 N–H and O–H groups in total. The lowest BCUT2D eigenvalue weighted by Crippen LogP contribution is -2.69. The van der Waals surface area contributed by atoms with Crippen LogP contribution >= 0.6 is 11.8 Å². The third-order valence-corrected chi connectivity index (χ3v) is 11.3. The number of hydrogen-bond donors (Lipinski definition) is 1. The van der Waals surface area contributed by atoms with E-state index < -0.39 is 68.0 Å². The molecular weight excluding hydrogens is 570 g/mol. The number of alkyl halides is 1. The number of carbonyl (C=O) groups excluding carboxylic acids is 4. The summed E-state index contributed by atoms with van der Waals surface area (Å²) in [5.74, 6) is -4.81. The topological polar surface area (TPSA) is 124 Å². The van der Waals surface area contributed by atoms with Gasteiger partial charge in [0.1, 0.15) is 5.83 Å². The molecule has 8 nitrogen and oxygen atoms in total. The van der Waals surface area contributed by atoms with Crippen molar-refractivity contribution in [2.24, 2.45) is 28.6 Å². The predicted octanol–water partition coefficient (Wildman–Crippen LogP) is 5.78. The highest BCUT2D eigenvalue weighted by Crippen LogP contribution is 2.72. The Morgan fingerprint density at radius 3 is 2.40 bits per heavy atom. The number of furan rings is 2. The van der Waals surface area contributed by atoms with E-state index in [0.29, 0.717) is 11.8 Å². The highest BCUT2D eigenvalue weighted by atomic mass is 32.2. The molecule has 4 aliphatic rings. The maximum atomic E-state index is 17.6. The number of allylic oxidation sites excluding steroid dienone is 4. The lowest BCUT2D eigenvalue weighted by Gasteiger charge is -2.62. The minimum absolute atomic E-state index is 0.0219. The first-order valence-electron chi connectivity index (χ1n) is 13.8. The second-order valence-corrected chi connectivity index (χ2v) is 13.2. The number of esters is 1. The van der Waals surface area contributed by atoms with Gasteiger partial charge < -0.3 is 18.7 Å². The van der Waals surface area contributed by atoms with Crippen LogP contribution in [0.2, 0.25) is 0 Å². The standard InChI is InChI=1S/C31H30F2O8S/c1-16-12-18-19-14-21(32)20-13-17(34)8-9-28(20,2)30(19,33)24(35)15-29(18,3)31(16,41-25(36)22-6-4-10-39-22)27(38)42-26(37)23-7-5-11-40-23/h4-11,16,18-19,24,35H,12-15H2,1-3H3/t16?,18?,19?,24-,28-,29-,30?,31-/m0/s1. The summed E-state index contributed by atoms with van der Waals surface area (Å²) in [6.07, 6.45) is 2.56. The van der Waals surface area contributed by atoms with Crippen molar-refractivity contribution in [2.45, 2.75) is 63.8 Å². The molecule has 4 unspecified atom stereocenters. The number of aliphatic hydroxyl groups is 1. The third kappa shape index (κ3) is 3.68. The Bertz CT molecular complexity index is 1530. The van der Waals surface area contributed by atoms with Gasteiger partial charge in [0.2, 0.25) is 10.9 Å². The number of ketones is 1. The van der Waals surface area contributed by atoms with E-state index in [1.54, 1.807) is 13.8 Å². The summed E-state index contributed by atoms with van der Waals surface area (Å²) < 4.78 is 49.8. The Labute approximate surface area is 244 Å². The molecule has 0 amide bonds. The normalized spacial score (nSPS) is 39.0. The smallest absolute Gasteiger partial charge is 0.375 e. The molecule has 6 rings (SSSR count). The van der Waals surface area contributed by atoms with Gasteiger partial charge in [0.05, 0.1) is 18.6 Å². The summed E-state index contributed by atoms with van der Waals surface area (Å²) >= 11 is 0.312. The second-order valence-electron chi connectivity index (χ2n) is 12.3. The Morgan fingerprint density at radius 2 is 1.76 bits per heavy atom. The van der Waals surface area contributed by atoms with Crippen molar-refractivity contribution in [1.29, 1.82) is 0 Å². The van der Waals surface area contributed by atoms with E-state index >= 15 is 8.78 Å². The maximum absolute atomic E-state index is 17.6. The predicted molar refractivity (Wildman–Crippen MR) is 145 cm³/mol. The molecule has 11 heteroatoms. The number of rotatable bonds is 4. The Kier molecular flexibility index (Phi) is 6.58. The van der Waals surface area contributed by atoms with Crippen LogP contribution in [0.1, 0.15) is 67.6 Å². The van der Waals surface area contributed by atoms with E-state index in [0.717, 1.165) is 0 Å². The van der Waals surface area contributed by atoms with Crippen LogP contribution in [-0.2, 0) is 14.3 Å². The zero-order valence-electron chi connectivity index (χ0n) is 23.2. The van der Waals surface area contributed by atoms with E-state index in [9.17, 15) is 24.3 Å². The first kappa shape index (κ1) is 28.8. The van der Waals surface area contributed by atoms with Gasteiger partial charge in [-0.15, -0.1) is 0 Å². The number of halogens is 2. The Hall–Kier alpha value is -3.31. The Balaban J connectivity index is 1.47. The molecular formula is C31H30F2O8S. The van der Waals surface area contributed by atoms with E-state index in [2.05, 4.69) is 0 Å². The number of fused-ring (bicyclic) bond motifs is 5. The minimum Gasteiger partial charge on any atom is -0.460 e. The van der Waals surface area contributed by atoms with Gasteiger partial charge in [-0.1, -0.05) is 19.9 Å². The summed E-state index contributed by atoms with van der Waals surface area (Å²) in [5, 5.41) is 10.2. The fourth-order valence-corrected chi connectivity index (χ4v) is 9.40. The molecule has 0 aliphatic heterocycles. The van der Waals surface area contributed by atoms with Gasteiger partial charge in [0.15, 0.2) is 22.8 Å². The van der Waals surface area contributed by atoms with Crippen molar-refractivity contribution in [3.63, 3.8) is 0 Å². The lowest BCUT2D eigenvalue weighted by molar-refractivity contribution is -0.214. The van der Waals surface area contributed by atoms with Gasteiger partial charge in [0, 0.05) is 35.5 Å². The summed E-state index contributed by atoms with van der Waals surface area (Å²) in [6, 6.07) is 5.73. The monoisotopic (exact) mass is 600 g/mol. The van der Waals surface area contributed by atoms with Gasteiger partial charge in [-0.05, 0) is 73.4 Å². The molecule has 8 atom stereocenters. The summed E-state index contributed by atoms with van der Waals surface area (Å²) in [7, 11) is 0. The third-order valence-electron chi connectivity index (χ3n) is 10.4. The highest BCUT2D eigenvalue weighted by molar-refractivity contribution is 8.26. The number of hydrogen-bond acceptors (Lipinski definition) is 9. The summed E-state index contributed by atoms with van der Waals surface area (Å²) in [5.41, 5.74) is -7.38. The second kappa shape index (κ2) is 9.60. The van der Waals surface area contributed by atoms with Crippen LogP contribution in [0.5, 0.6) is 0 Å². The van der Waals surface area contributed by atoms with E-state index in [-0.39, 0.29) is 48.6 Å². The maximum Gasteiger partial charge on any atom is 0.375 e. The van der Waals surface area contributed by atoms with E-state index in [1.165, 1.54) is 55.9 Å². The molecule has 2 saturated carbocycles. The van der Waals surface area contributed by atoms with Crippen molar-refractivity contribution >= 4 is 33.7 Å². The minimum atomic E-state index is -2.37. The van der Waals surface area contributed by atoms with Gasteiger partial charge in [-0.3, -0.25) is 14.4 Å². The fraction of sp³-hybridized carbons (Fsp3) is 0.484. The van der Waals surface area contributed by atoms with Crippen molar-refractivity contribution in [3.8, 4) is 0 Å². The summed E-state index contributed by atoms with van der Waals surface area (Å²) in [6.45, 7) is 4.80. The number of ether oxygens (including phenoxy) is 1. The first-order chi connectivity index (χ1) is 19.8. The first-order valence-corrected chi connectivity index (χ1v) is 14.6. The fourth-order valence-electron chi connectivity index (χ4n) is 8.39. The van der Waals surface area contributed by atoms with Gasteiger partial charge in [0.25, 0.3) is 5.12 Å². The number of carbonyl (C=O) groups is 4. The van der Waals surface area contributed by atoms with Crippen LogP contribution in [-0.4, -0.2) is 44.5 Å². The molecule has 0 radical (unpaired) electrons. The highest BCUT2D eigenvalue weighted by Gasteiger charge is 2.78. The quantitative estimate of drug-likeness (QED) is 0.435. The molecule has 0 bridgehead atoms. The zero-order valence-corrected chi connectivity index (χ0v) is 24.0. The SMILES string of the molecule is CC1CC2C3CC(F)=C4CC(=O)C=C[C@]4(C)C3(F)[C@@H](O)C[C@]2(C)[C@@]1(OC(=O)c1ccco1)C(=O)SC(=O)c1ccco1. The van der Waals surface area contributed by atoms with Crippen LogP contribution in [0.4, 0.5) is 8.78 Å². The van der Waals surface area contributed by atoms with Crippen LogP contribution in [0.25, 0.3) is 0 Å². The molecule has 0 saturated heterocycles. The van der Waals surface area contributed by atoms with Crippen LogP contribution in [0.3, 0.4) is 0 Å². The van der Waals surface area contributed by atoms with Crippen LogP contribution in [0.15, 0.2) is 69.2 Å². The van der Waals surface area contributed by atoms with Crippen LogP contribution < -0.4 is 0 Å². The zero-order chi connectivity index (χ0) is 30.2. The molecule has 2 aromatic rings. The van der Waals surface area contributed by atoms with Gasteiger partial charge in [-0.2, -0.15) is 0 Å². The van der Waals surface area contributed by atoms with Crippen molar-refractivity contribution < 1.29 is 46.6 Å². The number of aliphatic hydroxyl groups excluding tert-OH is 1. The molecule has 2 aromatic heterocycles. The Morgan fingerprint density at radius 1 is 1.10 bits per heavy atom. The molecule has 2 fully saturated rings. The van der Waals surface area contributed by atoms with Crippen LogP contribution in [0, 0.1) is 28.6 Å². The molecule has 222 valence electrons. The molecule has 4 aliphatic carbocycles. The van der Waals surface area contributed by atoms with Gasteiger partial charge >= 0.3 is 5.97 Å². The van der Waals surface area contributed by atoms with Crippen molar-refractivity contribution in [1.82, 2.24) is 0 Å². The molecule has 0 aromatic carbocycles.